The summed E-state index contributed by atoms with van der Waals surface area (Å²) in [6.07, 6.45) is 33.0. The molecule has 11 unspecified atom stereocenters. The molecule has 0 aliphatic carbocycles. The normalized spacial score (nSPS) is 26.0. The molecule has 2 aliphatic heterocycles. The van der Waals surface area contributed by atoms with Crippen LogP contribution in [0.1, 0.15) is 194 Å². The van der Waals surface area contributed by atoms with Crippen molar-refractivity contribution in [2.45, 2.75) is 261 Å². The molecule has 69 heavy (non-hydrogen) atoms. The van der Waals surface area contributed by atoms with Gasteiger partial charge in [-0.05, 0) is 77.0 Å². The lowest BCUT2D eigenvalue weighted by molar-refractivity contribution is -0.332. The predicted molar refractivity (Wildman–Crippen MR) is 270 cm³/mol. The fourth-order valence-electron chi connectivity index (χ4n) is 8.34. The molecule has 2 rings (SSSR count). The van der Waals surface area contributed by atoms with Gasteiger partial charge in [-0.15, -0.1) is 0 Å². The maximum absolute atomic E-state index is 13.0. The minimum Gasteiger partial charge on any atom is -0.457 e. The maximum Gasteiger partial charge on any atom is 0.306 e. The molecule has 2 fully saturated rings. The number of esters is 1. The van der Waals surface area contributed by atoms with Crippen LogP contribution in [-0.2, 0) is 33.2 Å². The first-order valence-corrected chi connectivity index (χ1v) is 27.2. The van der Waals surface area contributed by atoms with Crippen LogP contribution in [0, 0.1) is 0 Å². The van der Waals surface area contributed by atoms with Crippen LogP contribution < -0.4 is 0 Å². The Morgan fingerprint density at radius 3 is 1.39 bits per heavy atom. The molecule has 2 heterocycles. The van der Waals surface area contributed by atoms with E-state index in [0.717, 1.165) is 70.6 Å². The molecule has 0 aromatic carbocycles. The smallest absolute Gasteiger partial charge is 0.306 e. The average molecular weight is 983 g/mol. The highest BCUT2D eigenvalue weighted by molar-refractivity contribution is 5.69. The molecule has 2 saturated heterocycles. The van der Waals surface area contributed by atoms with E-state index in [9.17, 15) is 40.5 Å². The Labute approximate surface area is 416 Å². The first-order valence-electron chi connectivity index (χ1n) is 27.2. The van der Waals surface area contributed by atoms with Crippen LogP contribution >= 0.6 is 0 Å². The molecule has 0 aromatic rings. The van der Waals surface area contributed by atoms with Gasteiger partial charge in [-0.2, -0.15) is 0 Å². The molecule has 7 N–H and O–H groups in total. The Hall–Kier alpha value is -2.05. The molecule has 0 saturated carbocycles. The zero-order chi connectivity index (χ0) is 50.2. The molecule has 11 atom stereocenters. The minimum absolute atomic E-state index is 0.0521. The van der Waals surface area contributed by atoms with Crippen LogP contribution in [0.15, 0.2) is 48.6 Å². The van der Waals surface area contributed by atoms with Crippen molar-refractivity contribution in [2.24, 2.45) is 0 Å². The van der Waals surface area contributed by atoms with Crippen LogP contribution in [0.4, 0.5) is 0 Å². The number of rotatable bonds is 43. The molecule has 0 amide bonds. The summed E-state index contributed by atoms with van der Waals surface area (Å²) in [5.74, 6) is -0.385. The van der Waals surface area contributed by atoms with Crippen molar-refractivity contribution in [1.82, 2.24) is 0 Å². The summed E-state index contributed by atoms with van der Waals surface area (Å²) in [7, 11) is 0. The van der Waals surface area contributed by atoms with E-state index >= 15 is 0 Å². The second-order valence-corrected chi connectivity index (χ2v) is 19.0. The van der Waals surface area contributed by atoms with Crippen LogP contribution in [0.3, 0.4) is 0 Å². The highest BCUT2D eigenvalue weighted by Gasteiger charge is 2.47. The van der Waals surface area contributed by atoms with E-state index in [4.69, 9.17) is 28.4 Å². The Morgan fingerprint density at radius 1 is 0.478 bits per heavy atom. The second kappa shape index (κ2) is 42.5. The summed E-state index contributed by atoms with van der Waals surface area (Å²) in [5, 5.41) is 72.2. The molecule has 0 radical (unpaired) electrons. The van der Waals surface area contributed by atoms with Crippen LogP contribution in [0.5, 0.6) is 0 Å². The average Bonchev–Trinajstić information content (AvgIpc) is 3.35. The van der Waals surface area contributed by atoms with Gasteiger partial charge in [0.15, 0.2) is 12.6 Å². The molecule has 0 bridgehead atoms. The number of hydrogen-bond donors (Lipinski definition) is 7. The SMILES string of the molecule is CCCCC/C=C\C/C=C\CCCCCCCCCCCC(=O)OC(COCCCCCCCC/C=C\C/C=C\CCCCC)COC1OC(COC2OC(CO)C(O)C(O)C2O)C(O)C(O)C1O. The Bertz CT molecular complexity index is 1320. The van der Waals surface area contributed by atoms with Crippen molar-refractivity contribution >= 4 is 5.97 Å². The third kappa shape index (κ3) is 29.9. The third-order valence-corrected chi connectivity index (χ3v) is 12.8. The molecule has 402 valence electrons. The maximum atomic E-state index is 13.0. The van der Waals surface area contributed by atoms with E-state index in [2.05, 4.69) is 62.5 Å². The largest absolute Gasteiger partial charge is 0.457 e. The molecule has 2 aliphatic rings. The van der Waals surface area contributed by atoms with Crippen LogP contribution in [0.2, 0.25) is 0 Å². The van der Waals surface area contributed by atoms with Crippen molar-refractivity contribution in [3.63, 3.8) is 0 Å². The molecular formula is C55H98O14. The molecular weight excluding hydrogens is 885 g/mol. The van der Waals surface area contributed by atoms with Gasteiger partial charge in [0.05, 0.1) is 26.4 Å². The fraction of sp³-hybridized carbons (Fsp3) is 0.836. The van der Waals surface area contributed by atoms with Crippen LogP contribution in [-0.4, -0.2) is 142 Å². The first-order chi connectivity index (χ1) is 33.6. The Kier molecular flexibility index (Phi) is 38.8. The van der Waals surface area contributed by atoms with Crippen molar-refractivity contribution in [2.75, 3.05) is 33.0 Å². The first kappa shape index (κ1) is 63.1. The van der Waals surface area contributed by atoms with Crippen molar-refractivity contribution in [3.05, 3.63) is 48.6 Å². The summed E-state index contributed by atoms with van der Waals surface area (Å²) < 4.78 is 34.3. The topological polar surface area (TPSA) is 214 Å². The van der Waals surface area contributed by atoms with E-state index < -0.39 is 80.7 Å². The predicted octanol–water partition coefficient (Wildman–Crippen LogP) is 8.74. The number of ether oxygens (including phenoxy) is 6. The van der Waals surface area contributed by atoms with Crippen molar-refractivity contribution in [1.29, 1.82) is 0 Å². The number of aliphatic hydroxyl groups is 7. The van der Waals surface area contributed by atoms with E-state index in [1.54, 1.807) is 0 Å². The lowest BCUT2D eigenvalue weighted by Crippen LogP contribution is -2.61. The summed E-state index contributed by atoms with van der Waals surface area (Å²) in [6.45, 7) is 3.61. The Morgan fingerprint density at radius 2 is 0.899 bits per heavy atom. The number of allylic oxidation sites excluding steroid dienone is 8. The van der Waals surface area contributed by atoms with Crippen LogP contribution in [0.25, 0.3) is 0 Å². The monoisotopic (exact) mass is 983 g/mol. The standard InChI is InChI=1S/C55H98O14/c1-3-5-7-9-11-13-15-17-19-21-22-23-24-26-28-30-32-34-36-38-47(57)67-44(41-64-39-37-35-33-31-29-27-25-20-18-16-14-12-10-8-6-4-2)42-65-54-53(63)51(61)49(59)46(69-54)43-66-55-52(62)50(60)48(58)45(40-56)68-55/h11-14,17-20,44-46,48-56,58-63H,3-10,15-16,21-43H2,1-2H3/b13-11-,14-12-,19-17-,20-18-. The van der Waals surface area contributed by atoms with Gasteiger partial charge in [0, 0.05) is 13.0 Å². The lowest BCUT2D eigenvalue weighted by atomic mass is 9.98. The van der Waals surface area contributed by atoms with Gasteiger partial charge in [0.25, 0.3) is 0 Å². The summed E-state index contributed by atoms with van der Waals surface area (Å²) in [4.78, 5) is 13.0. The molecule has 0 aromatic heterocycles. The van der Waals surface area contributed by atoms with E-state index in [-0.39, 0.29) is 25.6 Å². The van der Waals surface area contributed by atoms with Gasteiger partial charge in [-0.3, -0.25) is 4.79 Å². The number of carbonyl (C=O) groups is 1. The van der Waals surface area contributed by atoms with E-state index in [0.29, 0.717) is 13.0 Å². The zero-order valence-corrected chi connectivity index (χ0v) is 42.8. The van der Waals surface area contributed by atoms with Gasteiger partial charge in [0.2, 0.25) is 0 Å². The van der Waals surface area contributed by atoms with Crippen molar-refractivity contribution < 1.29 is 69.0 Å². The van der Waals surface area contributed by atoms with Gasteiger partial charge in [-0.1, -0.05) is 159 Å². The van der Waals surface area contributed by atoms with Crippen molar-refractivity contribution in [3.8, 4) is 0 Å². The van der Waals surface area contributed by atoms with Gasteiger partial charge >= 0.3 is 5.97 Å². The highest BCUT2D eigenvalue weighted by Crippen LogP contribution is 2.26. The molecule has 14 nitrogen and oxygen atoms in total. The number of aliphatic hydroxyl groups excluding tert-OH is 7. The number of carbonyl (C=O) groups excluding carboxylic acids is 1. The fourth-order valence-corrected chi connectivity index (χ4v) is 8.34. The van der Waals surface area contributed by atoms with E-state index in [1.165, 1.54) is 96.3 Å². The molecule has 0 spiro atoms. The zero-order valence-electron chi connectivity index (χ0n) is 42.8. The van der Waals surface area contributed by atoms with Gasteiger partial charge < -0.3 is 64.2 Å². The Balaban J connectivity index is 1.75. The highest BCUT2D eigenvalue weighted by atomic mass is 16.7. The number of hydrogen-bond acceptors (Lipinski definition) is 14. The quantitative estimate of drug-likeness (QED) is 0.0173. The minimum atomic E-state index is -1.71. The number of unbranched alkanes of at least 4 members (excludes halogenated alkanes) is 21. The summed E-state index contributed by atoms with van der Waals surface area (Å²) >= 11 is 0. The summed E-state index contributed by atoms with van der Waals surface area (Å²) in [6, 6.07) is 0. The van der Waals surface area contributed by atoms with Gasteiger partial charge in [-0.25, -0.2) is 0 Å². The third-order valence-electron chi connectivity index (χ3n) is 12.8. The van der Waals surface area contributed by atoms with E-state index in [1.807, 2.05) is 0 Å². The summed E-state index contributed by atoms with van der Waals surface area (Å²) in [5.41, 5.74) is 0. The van der Waals surface area contributed by atoms with Gasteiger partial charge in [0.1, 0.15) is 54.9 Å². The molecule has 14 heteroatoms. The second-order valence-electron chi connectivity index (χ2n) is 19.0. The lowest BCUT2D eigenvalue weighted by Gasteiger charge is -2.42.